The summed E-state index contributed by atoms with van der Waals surface area (Å²) in [5.41, 5.74) is 5.43. The van der Waals surface area contributed by atoms with E-state index >= 15 is 0 Å². The quantitative estimate of drug-likeness (QED) is 0.777. The first-order valence-corrected chi connectivity index (χ1v) is 7.11. The highest BCUT2D eigenvalue weighted by molar-refractivity contribution is 5.77. The molecule has 0 bridgehead atoms. The van der Waals surface area contributed by atoms with Crippen molar-refractivity contribution in [2.24, 2.45) is 23.0 Å². The van der Waals surface area contributed by atoms with E-state index in [9.17, 15) is 4.79 Å². The van der Waals surface area contributed by atoms with E-state index in [1.807, 2.05) is 0 Å². The molecule has 0 aromatic heterocycles. The predicted molar refractivity (Wildman–Crippen MR) is 69.0 cm³/mol. The average molecular weight is 255 g/mol. The van der Waals surface area contributed by atoms with E-state index in [2.05, 4.69) is 6.92 Å². The summed E-state index contributed by atoms with van der Waals surface area (Å²) in [6, 6.07) is 0. The lowest BCUT2D eigenvalue weighted by atomic mass is 9.71. The Bertz CT molecular complexity index is 279. The second-order valence-corrected chi connectivity index (χ2v) is 6.00. The summed E-state index contributed by atoms with van der Waals surface area (Å²) in [4.78, 5) is 12.3. The van der Waals surface area contributed by atoms with E-state index in [-0.39, 0.29) is 5.97 Å². The molecule has 2 aliphatic rings. The molecule has 4 nitrogen and oxygen atoms in total. The van der Waals surface area contributed by atoms with E-state index in [4.69, 9.17) is 15.2 Å². The Labute approximate surface area is 109 Å². The number of hydrogen-bond acceptors (Lipinski definition) is 4. The lowest BCUT2D eigenvalue weighted by Crippen LogP contribution is -2.43. The van der Waals surface area contributed by atoms with Gasteiger partial charge in [0.1, 0.15) is 0 Å². The van der Waals surface area contributed by atoms with Gasteiger partial charge < -0.3 is 15.2 Å². The number of hydrogen-bond donors (Lipinski definition) is 1. The van der Waals surface area contributed by atoms with Crippen LogP contribution in [0.25, 0.3) is 0 Å². The molecule has 2 N–H and O–H groups in total. The first-order chi connectivity index (χ1) is 8.66. The number of esters is 1. The SMILES string of the molecule is CC1CCC(CN)(C(=O)OCC2CCOC2)CC1. The standard InChI is InChI=1S/C14H25NO3/c1-11-2-5-14(10-15,6-3-11)13(16)18-9-12-4-7-17-8-12/h11-12H,2-10,15H2,1H3. The maximum atomic E-state index is 12.3. The summed E-state index contributed by atoms with van der Waals surface area (Å²) in [6.07, 6.45) is 4.92. The number of ether oxygens (including phenoxy) is 2. The molecule has 0 spiro atoms. The Balaban J connectivity index is 1.84. The van der Waals surface area contributed by atoms with E-state index < -0.39 is 5.41 Å². The van der Waals surface area contributed by atoms with Crippen molar-refractivity contribution in [3.05, 3.63) is 0 Å². The van der Waals surface area contributed by atoms with Gasteiger partial charge in [-0.05, 0) is 38.0 Å². The zero-order valence-electron chi connectivity index (χ0n) is 11.3. The summed E-state index contributed by atoms with van der Waals surface area (Å²) >= 11 is 0. The summed E-state index contributed by atoms with van der Waals surface area (Å²) in [5.74, 6) is 1.01. The topological polar surface area (TPSA) is 61.6 Å². The average Bonchev–Trinajstić information content (AvgIpc) is 2.90. The van der Waals surface area contributed by atoms with Gasteiger partial charge in [0.05, 0.1) is 18.6 Å². The number of nitrogens with two attached hydrogens (primary N) is 1. The van der Waals surface area contributed by atoms with Crippen molar-refractivity contribution in [1.82, 2.24) is 0 Å². The van der Waals surface area contributed by atoms with Crippen LogP contribution in [0, 0.1) is 17.3 Å². The predicted octanol–water partition coefficient (Wildman–Crippen LogP) is 1.72. The van der Waals surface area contributed by atoms with Crippen LogP contribution in [0.2, 0.25) is 0 Å². The monoisotopic (exact) mass is 255 g/mol. The van der Waals surface area contributed by atoms with Crippen LogP contribution in [0.3, 0.4) is 0 Å². The van der Waals surface area contributed by atoms with Crippen LogP contribution in [-0.4, -0.2) is 32.3 Å². The van der Waals surface area contributed by atoms with Crippen molar-refractivity contribution in [2.75, 3.05) is 26.4 Å². The summed E-state index contributed by atoms with van der Waals surface area (Å²) in [5, 5.41) is 0. The Morgan fingerprint density at radius 2 is 2.11 bits per heavy atom. The van der Waals surface area contributed by atoms with Gasteiger partial charge in [-0.1, -0.05) is 6.92 Å². The molecule has 1 saturated heterocycles. The van der Waals surface area contributed by atoms with Crippen LogP contribution in [0.15, 0.2) is 0 Å². The van der Waals surface area contributed by atoms with Gasteiger partial charge >= 0.3 is 5.97 Å². The smallest absolute Gasteiger partial charge is 0.313 e. The first-order valence-electron chi connectivity index (χ1n) is 7.11. The third kappa shape index (κ3) is 3.04. The van der Waals surface area contributed by atoms with E-state index in [1.165, 1.54) is 0 Å². The van der Waals surface area contributed by atoms with Crippen molar-refractivity contribution in [2.45, 2.75) is 39.0 Å². The Kier molecular flexibility index (Phi) is 4.62. The van der Waals surface area contributed by atoms with Crippen molar-refractivity contribution in [3.8, 4) is 0 Å². The van der Waals surface area contributed by atoms with E-state index in [0.29, 0.717) is 25.0 Å². The molecule has 1 unspecified atom stereocenters. The van der Waals surface area contributed by atoms with Crippen LogP contribution >= 0.6 is 0 Å². The fourth-order valence-electron chi connectivity index (χ4n) is 2.87. The number of carbonyl (C=O) groups is 1. The van der Waals surface area contributed by atoms with Crippen molar-refractivity contribution < 1.29 is 14.3 Å². The molecule has 4 heteroatoms. The molecule has 2 fully saturated rings. The van der Waals surface area contributed by atoms with Gasteiger partial charge in [-0.3, -0.25) is 4.79 Å². The van der Waals surface area contributed by atoms with Gasteiger partial charge in [0, 0.05) is 19.1 Å². The molecule has 0 amide bonds. The lowest BCUT2D eigenvalue weighted by Gasteiger charge is -2.36. The molecule has 18 heavy (non-hydrogen) atoms. The third-order valence-corrected chi connectivity index (χ3v) is 4.53. The molecular formula is C14H25NO3. The van der Waals surface area contributed by atoms with Gasteiger partial charge in [0.2, 0.25) is 0 Å². The Hall–Kier alpha value is -0.610. The van der Waals surface area contributed by atoms with Gasteiger partial charge in [-0.2, -0.15) is 0 Å². The zero-order chi connectivity index (χ0) is 13.0. The molecule has 1 atom stereocenters. The van der Waals surface area contributed by atoms with Gasteiger partial charge in [0.25, 0.3) is 0 Å². The van der Waals surface area contributed by atoms with Crippen molar-refractivity contribution in [3.63, 3.8) is 0 Å². The highest BCUT2D eigenvalue weighted by atomic mass is 16.5. The van der Waals surface area contributed by atoms with Crippen molar-refractivity contribution in [1.29, 1.82) is 0 Å². The molecule has 0 radical (unpaired) electrons. The Morgan fingerprint density at radius 1 is 1.39 bits per heavy atom. The van der Waals surface area contributed by atoms with E-state index in [0.717, 1.165) is 45.3 Å². The second-order valence-electron chi connectivity index (χ2n) is 6.00. The normalized spacial score (nSPS) is 36.6. The van der Waals surface area contributed by atoms with Gasteiger partial charge in [0.15, 0.2) is 0 Å². The van der Waals surface area contributed by atoms with Crippen LogP contribution in [-0.2, 0) is 14.3 Å². The second kappa shape index (κ2) is 6.02. The lowest BCUT2D eigenvalue weighted by molar-refractivity contribution is -0.159. The molecule has 1 aliphatic heterocycles. The largest absolute Gasteiger partial charge is 0.465 e. The number of carbonyl (C=O) groups excluding carboxylic acids is 1. The molecule has 1 saturated carbocycles. The molecular weight excluding hydrogens is 230 g/mol. The molecule has 1 heterocycles. The van der Waals surface area contributed by atoms with Crippen LogP contribution in [0.4, 0.5) is 0 Å². The highest BCUT2D eigenvalue weighted by Gasteiger charge is 2.41. The molecule has 1 aliphatic carbocycles. The van der Waals surface area contributed by atoms with Crippen LogP contribution < -0.4 is 5.73 Å². The van der Waals surface area contributed by atoms with Crippen LogP contribution in [0.5, 0.6) is 0 Å². The fraction of sp³-hybridized carbons (Fsp3) is 0.929. The molecule has 0 aromatic carbocycles. The van der Waals surface area contributed by atoms with Crippen LogP contribution in [0.1, 0.15) is 39.0 Å². The Morgan fingerprint density at radius 3 is 2.67 bits per heavy atom. The summed E-state index contributed by atoms with van der Waals surface area (Å²) in [6.45, 7) is 4.67. The molecule has 2 rings (SSSR count). The summed E-state index contributed by atoms with van der Waals surface area (Å²) in [7, 11) is 0. The maximum Gasteiger partial charge on any atom is 0.313 e. The first kappa shape index (κ1) is 13.8. The van der Waals surface area contributed by atoms with Crippen molar-refractivity contribution >= 4 is 5.97 Å². The minimum atomic E-state index is -0.411. The minimum Gasteiger partial charge on any atom is -0.465 e. The maximum absolute atomic E-state index is 12.3. The van der Waals surface area contributed by atoms with Gasteiger partial charge in [-0.25, -0.2) is 0 Å². The van der Waals surface area contributed by atoms with Gasteiger partial charge in [-0.15, -0.1) is 0 Å². The summed E-state index contributed by atoms with van der Waals surface area (Å²) < 4.78 is 10.8. The fourth-order valence-corrected chi connectivity index (χ4v) is 2.87. The van der Waals surface area contributed by atoms with E-state index in [1.54, 1.807) is 0 Å². The zero-order valence-corrected chi connectivity index (χ0v) is 11.3. The third-order valence-electron chi connectivity index (χ3n) is 4.53. The number of rotatable bonds is 4. The molecule has 104 valence electrons. The highest BCUT2D eigenvalue weighted by Crippen LogP contribution is 2.39. The molecule has 0 aromatic rings. The minimum absolute atomic E-state index is 0.0798.